The summed E-state index contributed by atoms with van der Waals surface area (Å²) in [6, 6.07) is 0. The van der Waals surface area contributed by atoms with Crippen molar-refractivity contribution in [1.82, 2.24) is 5.48 Å². The van der Waals surface area contributed by atoms with Crippen molar-refractivity contribution in [2.75, 3.05) is 19.8 Å². The summed E-state index contributed by atoms with van der Waals surface area (Å²) in [5.74, 6) is -0.377. The number of nitrogens with one attached hydrogen (secondary N) is 1. The number of rotatable bonds is 11. The fourth-order valence-corrected chi connectivity index (χ4v) is 3.05. The summed E-state index contributed by atoms with van der Waals surface area (Å²) in [6.07, 6.45) is 1.46. The molecule has 7 heteroatoms. The molecule has 0 aromatic carbocycles. The van der Waals surface area contributed by atoms with Crippen LogP contribution in [0.5, 0.6) is 0 Å². The van der Waals surface area contributed by atoms with Crippen molar-refractivity contribution in [1.29, 1.82) is 0 Å². The van der Waals surface area contributed by atoms with Crippen LogP contribution in [0.2, 0.25) is 0 Å². The van der Waals surface area contributed by atoms with E-state index in [9.17, 15) is 4.79 Å². The van der Waals surface area contributed by atoms with Gasteiger partial charge in [-0.1, -0.05) is 19.9 Å². The van der Waals surface area contributed by atoms with Crippen molar-refractivity contribution in [3.8, 4) is 0 Å². The highest BCUT2D eigenvalue weighted by atomic mass is 28.4. The second-order valence-corrected chi connectivity index (χ2v) is 5.76. The molecular weight excluding hydrogens is 266 g/mol. The molecule has 0 spiro atoms. The van der Waals surface area contributed by atoms with Crippen molar-refractivity contribution in [2.45, 2.75) is 40.5 Å². The van der Waals surface area contributed by atoms with Crippen molar-refractivity contribution in [3.63, 3.8) is 0 Å². The van der Waals surface area contributed by atoms with Crippen molar-refractivity contribution < 1.29 is 22.6 Å². The lowest BCUT2D eigenvalue weighted by molar-refractivity contribution is -0.131. The minimum Gasteiger partial charge on any atom is -0.350 e. The largest absolute Gasteiger partial charge is 0.702 e. The quantitative estimate of drug-likeness (QED) is 0.358. The van der Waals surface area contributed by atoms with Crippen LogP contribution in [0.3, 0.4) is 0 Å². The van der Waals surface area contributed by atoms with Gasteiger partial charge in [0.1, 0.15) is 0 Å². The van der Waals surface area contributed by atoms with E-state index in [2.05, 4.69) is 12.1 Å². The summed E-state index contributed by atoms with van der Waals surface area (Å²) in [5.41, 5.74) is 2.76. The number of carbonyl (C=O) groups is 1. The predicted octanol–water partition coefficient (Wildman–Crippen LogP) is 1.94. The molecule has 0 bridgehead atoms. The molecule has 0 unspecified atom stereocenters. The predicted molar refractivity (Wildman–Crippen MR) is 73.9 cm³/mol. The van der Waals surface area contributed by atoms with Crippen LogP contribution in [0.4, 0.5) is 0 Å². The minimum atomic E-state index is -3.30. The fourth-order valence-electron chi connectivity index (χ4n) is 1.34. The van der Waals surface area contributed by atoms with E-state index in [0.29, 0.717) is 31.8 Å². The zero-order valence-corrected chi connectivity index (χ0v) is 13.3. The lowest BCUT2D eigenvalue weighted by Crippen LogP contribution is -2.53. The molecule has 0 radical (unpaired) electrons. The summed E-state index contributed by atoms with van der Waals surface area (Å²) >= 11 is 0. The Labute approximate surface area is 116 Å². The minimum absolute atomic E-state index is 0.373. The van der Waals surface area contributed by atoms with Gasteiger partial charge in [-0.05, 0) is 27.2 Å². The molecule has 0 aliphatic heterocycles. The molecule has 6 nitrogen and oxygen atoms in total. The molecule has 0 heterocycles. The highest BCUT2D eigenvalue weighted by Gasteiger charge is 2.46. The van der Waals surface area contributed by atoms with Gasteiger partial charge in [0.05, 0.1) is 0 Å². The number of hydroxylamine groups is 1. The molecule has 0 saturated heterocycles. The van der Waals surface area contributed by atoms with E-state index in [1.807, 2.05) is 6.92 Å². The van der Waals surface area contributed by atoms with E-state index in [1.54, 1.807) is 20.8 Å². The Morgan fingerprint density at radius 2 is 1.53 bits per heavy atom. The van der Waals surface area contributed by atoms with Gasteiger partial charge in [0.2, 0.25) is 0 Å². The molecule has 112 valence electrons. The molecule has 19 heavy (non-hydrogen) atoms. The summed E-state index contributed by atoms with van der Waals surface area (Å²) in [7, 11) is -3.30. The van der Waals surface area contributed by atoms with Gasteiger partial charge in [-0.3, -0.25) is 4.79 Å². The Morgan fingerprint density at radius 3 is 1.89 bits per heavy atom. The molecule has 0 rings (SSSR count). The van der Waals surface area contributed by atoms with Gasteiger partial charge in [0.15, 0.2) is 0 Å². The lowest BCUT2D eigenvalue weighted by Gasteiger charge is -2.26. The summed E-state index contributed by atoms with van der Waals surface area (Å²) in [5, 5.41) is 0. The smallest absolute Gasteiger partial charge is 0.350 e. The Bertz CT molecular complexity index is 268. The molecule has 0 aliphatic carbocycles. The first-order valence-electron chi connectivity index (χ1n) is 6.63. The summed E-state index contributed by atoms with van der Waals surface area (Å²) in [4.78, 5) is 11.7. The summed E-state index contributed by atoms with van der Waals surface area (Å²) in [6.45, 7) is 12.2. The van der Waals surface area contributed by atoms with Crippen LogP contribution in [0, 0.1) is 0 Å². The van der Waals surface area contributed by atoms with Crippen LogP contribution in [0.1, 0.15) is 40.5 Å². The first kappa shape index (κ1) is 18.3. The van der Waals surface area contributed by atoms with Gasteiger partial charge < -0.3 is 13.3 Å². The van der Waals surface area contributed by atoms with Crippen LogP contribution in [0.15, 0.2) is 12.2 Å². The normalized spacial score (nSPS) is 11.4. The molecule has 0 aliphatic rings. The number of hydrogen-bond donors (Lipinski definition) is 1. The molecule has 1 amide bonds. The maximum atomic E-state index is 11.7. The van der Waals surface area contributed by atoms with Crippen molar-refractivity contribution in [2.24, 2.45) is 0 Å². The zero-order chi connectivity index (χ0) is 14.7. The SMILES string of the molecule is C=C(CCC)C(=O)NO[Si](OCC)(OCC)OCC. The standard InChI is InChI=1S/C12H25NO5Si/c1-6-10-11(5)12(14)13-18-19(15-7-2,16-8-3)17-9-4/h5-10H2,1-4H3,(H,13,14). The average molecular weight is 291 g/mol. The van der Waals surface area contributed by atoms with Gasteiger partial charge in [0.25, 0.3) is 5.91 Å². The third kappa shape index (κ3) is 6.83. The molecular formula is C12H25NO5Si. The van der Waals surface area contributed by atoms with Crippen LogP contribution in [-0.4, -0.2) is 34.8 Å². The van der Waals surface area contributed by atoms with Gasteiger partial charge >= 0.3 is 9.05 Å². The second-order valence-electron chi connectivity index (χ2n) is 3.69. The number of carbonyl (C=O) groups excluding carboxylic acids is 1. The molecule has 0 aromatic heterocycles. The maximum Gasteiger partial charge on any atom is 0.702 e. The third-order valence-corrected chi connectivity index (χ3v) is 4.38. The number of amides is 1. The Kier molecular flexibility index (Phi) is 9.71. The van der Waals surface area contributed by atoms with E-state index >= 15 is 0 Å². The lowest BCUT2D eigenvalue weighted by atomic mass is 10.2. The molecule has 0 saturated carbocycles. The van der Waals surface area contributed by atoms with E-state index in [0.717, 1.165) is 6.42 Å². The van der Waals surface area contributed by atoms with Crippen LogP contribution in [-0.2, 0) is 22.6 Å². The van der Waals surface area contributed by atoms with E-state index < -0.39 is 9.05 Å². The van der Waals surface area contributed by atoms with Crippen LogP contribution < -0.4 is 5.48 Å². The van der Waals surface area contributed by atoms with Crippen LogP contribution in [0.25, 0.3) is 0 Å². The number of hydrogen-bond acceptors (Lipinski definition) is 5. The molecule has 0 atom stereocenters. The van der Waals surface area contributed by atoms with Crippen molar-refractivity contribution >= 4 is 15.0 Å². The third-order valence-electron chi connectivity index (χ3n) is 2.10. The second kappa shape index (κ2) is 10.1. The first-order valence-corrected chi connectivity index (χ1v) is 8.26. The van der Waals surface area contributed by atoms with E-state index in [4.69, 9.17) is 17.8 Å². The monoisotopic (exact) mass is 291 g/mol. The Hall–Kier alpha value is -0.733. The highest BCUT2D eigenvalue weighted by Crippen LogP contribution is 2.11. The fraction of sp³-hybridized carbons (Fsp3) is 0.750. The molecule has 0 aromatic rings. The highest BCUT2D eigenvalue weighted by molar-refractivity contribution is 6.53. The van der Waals surface area contributed by atoms with Crippen LogP contribution >= 0.6 is 0 Å². The van der Waals surface area contributed by atoms with Gasteiger partial charge in [-0.15, -0.1) is 0 Å². The van der Waals surface area contributed by atoms with Crippen molar-refractivity contribution in [3.05, 3.63) is 12.2 Å². The Morgan fingerprint density at radius 1 is 1.05 bits per heavy atom. The average Bonchev–Trinajstić information content (AvgIpc) is 2.37. The maximum absolute atomic E-state index is 11.7. The van der Waals surface area contributed by atoms with Gasteiger partial charge in [0, 0.05) is 25.4 Å². The van der Waals surface area contributed by atoms with E-state index in [-0.39, 0.29) is 5.91 Å². The molecule has 1 N–H and O–H groups in total. The van der Waals surface area contributed by atoms with Gasteiger partial charge in [-0.25, -0.2) is 10.0 Å². The van der Waals surface area contributed by atoms with Gasteiger partial charge in [-0.2, -0.15) is 0 Å². The molecule has 0 fully saturated rings. The zero-order valence-electron chi connectivity index (χ0n) is 12.3. The topological polar surface area (TPSA) is 66.0 Å². The summed E-state index contributed by atoms with van der Waals surface area (Å²) < 4.78 is 21.6. The Balaban J connectivity index is 4.54. The first-order chi connectivity index (χ1) is 9.05. The van der Waals surface area contributed by atoms with E-state index in [1.165, 1.54) is 0 Å².